The Morgan fingerprint density at radius 3 is 2.76 bits per heavy atom. The molecule has 0 unspecified atom stereocenters. The van der Waals surface area contributed by atoms with Crippen molar-refractivity contribution in [3.8, 4) is 11.5 Å². The number of amides is 2. The SMILES string of the molecule is Cc1cccnc1CNC(=O)C[C@@H]1C(=O)NCCN1Cc1cccc(Oc2ccccc2)c1. The molecule has 7 nitrogen and oxygen atoms in total. The first-order valence-corrected chi connectivity index (χ1v) is 11.1. The maximum atomic E-state index is 12.6. The molecular formula is C26H28N4O3. The number of carbonyl (C=O) groups excluding carboxylic acids is 2. The third-order valence-corrected chi connectivity index (χ3v) is 5.65. The van der Waals surface area contributed by atoms with E-state index in [9.17, 15) is 9.59 Å². The monoisotopic (exact) mass is 444 g/mol. The fourth-order valence-electron chi connectivity index (χ4n) is 3.87. The van der Waals surface area contributed by atoms with E-state index in [0.717, 1.165) is 28.3 Å². The molecule has 2 heterocycles. The van der Waals surface area contributed by atoms with Gasteiger partial charge in [-0.25, -0.2) is 0 Å². The van der Waals surface area contributed by atoms with Gasteiger partial charge in [-0.2, -0.15) is 0 Å². The van der Waals surface area contributed by atoms with E-state index in [1.807, 2.05) is 78.6 Å². The molecule has 170 valence electrons. The predicted octanol–water partition coefficient (Wildman–Crippen LogP) is 3.19. The molecule has 1 aliphatic heterocycles. The molecule has 1 fully saturated rings. The van der Waals surface area contributed by atoms with Gasteiger partial charge in [0, 0.05) is 25.8 Å². The minimum absolute atomic E-state index is 0.0952. The molecule has 0 radical (unpaired) electrons. The molecule has 0 aliphatic carbocycles. The number of aryl methyl sites for hydroxylation is 1. The number of ether oxygens (including phenoxy) is 1. The zero-order valence-electron chi connectivity index (χ0n) is 18.7. The Labute approximate surface area is 193 Å². The van der Waals surface area contributed by atoms with E-state index in [1.54, 1.807) is 6.20 Å². The zero-order chi connectivity index (χ0) is 23.0. The van der Waals surface area contributed by atoms with Crippen LogP contribution in [-0.2, 0) is 22.7 Å². The second kappa shape index (κ2) is 10.7. The van der Waals surface area contributed by atoms with Crippen LogP contribution in [-0.4, -0.2) is 40.8 Å². The van der Waals surface area contributed by atoms with Crippen molar-refractivity contribution in [3.63, 3.8) is 0 Å². The van der Waals surface area contributed by atoms with Gasteiger partial charge in [0.2, 0.25) is 11.8 Å². The summed E-state index contributed by atoms with van der Waals surface area (Å²) in [6.45, 7) is 4.09. The highest BCUT2D eigenvalue weighted by Crippen LogP contribution is 2.23. The fourth-order valence-corrected chi connectivity index (χ4v) is 3.87. The van der Waals surface area contributed by atoms with Gasteiger partial charge in [0.25, 0.3) is 0 Å². The maximum Gasteiger partial charge on any atom is 0.237 e. The Morgan fingerprint density at radius 1 is 1.12 bits per heavy atom. The van der Waals surface area contributed by atoms with Crippen LogP contribution >= 0.6 is 0 Å². The van der Waals surface area contributed by atoms with Crippen LogP contribution in [0.15, 0.2) is 72.9 Å². The van der Waals surface area contributed by atoms with Crippen molar-refractivity contribution in [1.82, 2.24) is 20.5 Å². The number of hydrogen-bond donors (Lipinski definition) is 2. The highest BCUT2D eigenvalue weighted by atomic mass is 16.5. The van der Waals surface area contributed by atoms with E-state index >= 15 is 0 Å². The molecule has 0 bridgehead atoms. The van der Waals surface area contributed by atoms with Crippen LogP contribution in [0.25, 0.3) is 0 Å². The van der Waals surface area contributed by atoms with Crippen LogP contribution in [0.5, 0.6) is 11.5 Å². The first kappa shape index (κ1) is 22.5. The largest absolute Gasteiger partial charge is 0.457 e. The molecule has 0 saturated carbocycles. The number of benzene rings is 2. The predicted molar refractivity (Wildman–Crippen MR) is 126 cm³/mol. The molecule has 2 N–H and O–H groups in total. The summed E-state index contributed by atoms with van der Waals surface area (Å²) in [6, 6.07) is 20.7. The molecule has 2 aromatic carbocycles. The lowest BCUT2D eigenvalue weighted by atomic mass is 10.1. The highest BCUT2D eigenvalue weighted by Gasteiger charge is 2.31. The number of nitrogens with zero attached hydrogens (tertiary/aromatic N) is 2. The molecule has 1 saturated heterocycles. The first-order chi connectivity index (χ1) is 16.1. The average Bonchev–Trinajstić information content (AvgIpc) is 2.82. The van der Waals surface area contributed by atoms with Gasteiger partial charge in [0.15, 0.2) is 0 Å². The van der Waals surface area contributed by atoms with Crippen molar-refractivity contribution < 1.29 is 14.3 Å². The second-order valence-electron chi connectivity index (χ2n) is 8.09. The van der Waals surface area contributed by atoms with Gasteiger partial charge in [-0.3, -0.25) is 19.5 Å². The summed E-state index contributed by atoms with van der Waals surface area (Å²) >= 11 is 0. The Hall–Kier alpha value is -3.71. The second-order valence-corrected chi connectivity index (χ2v) is 8.09. The maximum absolute atomic E-state index is 12.6. The summed E-state index contributed by atoms with van der Waals surface area (Å²) in [5.74, 6) is 1.21. The lowest BCUT2D eigenvalue weighted by Gasteiger charge is -2.34. The van der Waals surface area contributed by atoms with Gasteiger partial charge in [-0.1, -0.05) is 36.4 Å². The minimum Gasteiger partial charge on any atom is -0.457 e. The Bertz CT molecular complexity index is 1100. The van der Waals surface area contributed by atoms with Crippen LogP contribution < -0.4 is 15.4 Å². The first-order valence-electron chi connectivity index (χ1n) is 11.1. The lowest BCUT2D eigenvalue weighted by molar-refractivity contribution is -0.134. The van der Waals surface area contributed by atoms with E-state index in [4.69, 9.17) is 4.74 Å². The van der Waals surface area contributed by atoms with Crippen molar-refractivity contribution in [2.45, 2.75) is 32.5 Å². The van der Waals surface area contributed by atoms with Crippen LogP contribution in [0.4, 0.5) is 0 Å². The quantitative estimate of drug-likeness (QED) is 0.558. The molecular weight excluding hydrogens is 416 g/mol. The molecule has 1 aromatic heterocycles. The number of aromatic nitrogens is 1. The Kier molecular flexibility index (Phi) is 7.32. The number of piperazine rings is 1. The van der Waals surface area contributed by atoms with Crippen molar-refractivity contribution in [2.24, 2.45) is 0 Å². The van der Waals surface area contributed by atoms with Crippen LogP contribution in [0.1, 0.15) is 23.2 Å². The van der Waals surface area contributed by atoms with Gasteiger partial charge in [0.05, 0.1) is 24.7 Å². The van der Waals surface area contributed by atoms with E-state index < -0.39 is 6.04 Å². The van der Waals surface area contributed by atoms with Gasteiger partial charge >= 0.3 is 0 Å². The minimum atomic E-state index is -0.526. The summed E-state index contributed by atoms with van der Waals surface area (Å²) in [5.41, 5.74) is 2.87. The lowest BCUT2D eigenvalue weighted by Crippen LogP contribution is -2.56. The fraction of sp³-hybridized carbons (Fsp3) is 0.269. The van der Waals surface area contributed by atoms with Gasteiger partial charge in [0.1, 0.15) is 11.5 Å². The van der Waals surface area contributed by atoms with Gasteiger partial charge < -0.3 is 15.4 Å². The highest BCUT2D eigenvalue weighted by molar-refractivity contribution is 5.88. The zero-order valence-corrected chi connectivity index (χ0v) is 18.7. The van der Waals surface area contributed by atoms with Crippen LogP contribution in [0, 0.1) is 6.92 Å². The molecule has 2 amide bonds. The smallest absolute Gasteiger partial charge is 0.237 e. The number of rotatable bonds is 8. The summed E-state index contributed by atoms with van der Waals surface area (Å²) < 4.78 is 5.94. The summed E-state index contributed by atoms with van der Waals surface area (Å²) in [4.78, 5) is 31.6. The molecule has 0 spiro atoms. The number of carbonyl (C=O) groups is 2. The number of pyridine rings is 1. The molecule has 1 aliphatic rings. The molecule has 3 aromatic rings. The third kappa shape index (κ3) is 6.17. The summed E-state index contributed by atoms with van der Waals surface area (Å²) in [5, 5.41) is 5.78. The third-order valence-electron chi connectivity index (χ3n) is 5.65. The van der Waals surface area contributed by atoms with E-state index in [-0.39, 0.29) is 18.2 Å². The summed E-state index contributed by atoms with van der Waals surface area (Å²) in [7, 11) is 0. The number of nitrogens with one attached hydrogen (secondary N) is 2. The van der Waals surface area contributed by atoms with Crippen molar-refractivity contribution in [3.05, 3.63) is 89.7 Å². The van der Waals surface area contributed by atoms with Crippen LogP contribution in [0.2, 0.25) is 0 Å². The van der Waals surface area contributed by atoms with Crippen molar-refractivity contribution in [2.75, 3.05) is 13.1 Å². The Morgan fingerprint density at radius 2 is 1.94 bits per heavy atom. The van der Waals surface area contributed by atoms with Crippen molar-refractivity contribution in [1.29, 1.82) is 0 Å². The number of para-hydroxylation sites is 1. The summed E-state index contributed by atoms with van der Waals surface area (Å²) in [6.07, 6.45) is 1.80. The molecule has 33 heavy (non-hydrogen) atoms. The van der Waals surface area contributed by atoms with E-state index in [1.165, 1.54) is 0 Å². The molecule has 1 atom stereocenters. The number of hydrogen-bond acceptors (Lipinski definition) is 5. The molecule has 7 heteroatoms. The molecule has 4 rings (SSSR count). The average molecular weight is 445 g/mol. The normalized spacial score (nSPS) is 16.2. The van der Waals surface area contributed by atoms with Gasteiger partial charge in [-0.05, 0) is 48.4 Å². The van der Waals surface area contributed by atoms with E-state index in [2.05, 4.69) is 15.6 Å². The standard InChI is InChI=1S/C26H28N4O3/c1-19-7-6-12-27-23(19)17-29-25(31)16-24-26(32)28-13-14-30(24)18-20-8-5-11-22(15-20)33-21-9-3-2-4-10-21/h2-12,15,24H,13-14,16-18H2,1H3,(H,28,32)(H,29,31)/t24-/m1/s1. The van der Waals surface area contributed by atoms with Gasteiger partial charge in [-0.15, -0.1) is 0 Å². The Balaban J connectivity index is 1.39. The van der Waals surface area contributed by atoms with Crippen LogP contribution in [0.3, 0.4) is 0 Å². The van der Waals surface area contributed by atoms with Crippen molar-refractivity contribution >= 4 is 11.8 Å². The topological polar surface area (TPSA) is 83.6 Å². The van der Waals surface area contributed by atoms with E-state index in [0.29, 0.717) is 26.2 Å².